The smallest absolute Gasteiger partial charge is 0.335 e. The van der Waals surface area contributed by atoms with Crippen LogP contribution in [0, 0.1) is 0 Å². The van der Waals surface area contributed by atoms with Gasteiger partial charge in [-0.2, -0.15) is 4.58 Å². The molecule has 66 heavy (non-hydrogen) atoms. The van der Waals surface area contributed by atoms with Crippen LogP contribution >= 0.6 is 0 Å². The highest BCUT2D eigenvalue weighted by Gasteiger charge is 2.48. The molecule has 0 radical (unpaired) electrons. The second-order valence-electron chi connectivity index (χ2n) is 16.0. The predicted octanol–water partition coefficient (Wildman–Crippen LogP) is 2.66. The molecule has 0 N–H and O–H groups in total. The summed E-state index contributed by atoms with van der Waals surface area (Å²) in [6.45, 7) is 5.10. The van der Waals surface area contributed by atoms with Gasteiger partial charge in [0.2, 0.25) is 5.69 Å². The van der Waals surface area contributed by atoms with Gasteiger partial charge in [-0.05, 0) is 75.1 Å². The number of hydrogen-bond acceptors (Lipinski definition) is 18. The van der Waals surface area contributed by atoms with Crippen LogP contribution in [0.15, 0.2) is 82.3 Å². The molecular weight excluding hydrogens is 927 g/mol. The van der Waals surface area contributed by atoms with Gasteiger partial charge in [0, 0.05) is 80.5 Å². The van der Waals surface area contributed by atoms with Crippen LogP contribution in [0.5, 0.6) is 0 Å². The van der Waals surface area contributed by atoms with Crippen molar-refractivity contribution in [1.29, 1.82) is 0 Å². The molecule has 0 spiro atoms. The van der Waals surface area contributed by atoms with Crippen molar-refractivity contribution in [2.24, 2.45) is 0 Å². The van der Waals surface area contributed by atoms with E-state index >= 15 is 0 Å². The van der Waals surface area contributed by atoms with Crippen molar-refractivity contribution in [1.82, 2.24) is 5.06 Å². The van der Waals surface area contributed by atoms with Crippen molar-refractivity contribution < 1.29 is 81.7 Å². The van der Waals surface area contributed by atoms with Crippen molar-refractivity contribution >= 4 is 65.2 Å². The fraction of sp³-hybridized carbons (Fsp3) is 0.488. The topological polar surface area (TPSA) is 278 Å². The van der Waals surface area contributed by atoms with Gasteiger partial charge in [0.25, 0.3) is 11.8 Å². The summed E-state index contributed by atoms with van der Waals surface area (Å²) in [6.07, 6.45) is 8.99. The maximum absolute atomic E-state index is 12.2. The molecule has 2 atom stereocenters. The fourth-order valence-electron chi connectivity index (χ4n) is 8.27. The third-order valence-corrected chi connectivity index (χ3v) is 14.1. The molecule has 0 aliphatic carbocycles. The number of carbonyl (C=O) groups excluding carboxylic acids is 3. The zero-order chi connectivity index (χ0) is 48.5. The average molecular weight is 980 g/mol. The molecule has 2 amide bonds. The summed E-state index contributed by atoms with van der Waals surface area (Å²) < 4.78 is 132. The molecule has 2 unspecified atom stereocenters. The van der Waals surface area contributed by atoms with Crippen LogP contribution in [0.3, 0.4) is 0 Å². The van der Waals surface area contributed by atoms with Crippen LogP contribution in [-0.4, -0.2) is 145 Å². The first-order chi connectivity index (χ1) is 31.0. The lowest BCUT2D eigenvalue weighted by Crippen LogP contribution is -2.32. The first-order valence-corrected chi connectivity index (χ1v) is 25.3. The van der Waals surface area contributed by atoms with E-state index in [1.165, 1.54) is 44.6 Å². The standard InChI is InChI=1S/C43H55N3O17S3/c1-42(18-8-28-64(50,51)52)33-29-31(65(53,54)55)11-13-35(33)44(20-24-60-4)37(42)9-6-5-7-10-38-43(2,19-23-59-3)34-30-32(66(56,57)58)12-14-36(34)45(38)21-25-62-27-26-61-22-17-41(49)63-46-39(47)15-16-40(46)48/h5-7,9-14,29-30H,8,15-28H2,1-4H3,(H2-,50,51,52,53,54,55,56,57,58)/p-2. The first-order valence-electron chi connectivity index (χ1n) is 20.9. The number of ether oxygens (including phenoxy) is 4. The van der Waals surface area contributed by atoms with E-state index in [9.17, 15) is 53.3 Å². The SMILES string of the molecule is COCC[N+]1=C(/C=C/C=C/C=C2/N(CCOCCOCCC(=O)ON3C(=O)CCC3=O)c3ccc(S(=O)(=O)[O-])cc3C2(C)CCOC)C(C)(CCCS(=O)(=O)[O-])c2cc(S(=O)(=O)[O-])ccc21. The minimum Gasteiger partial charge on any atom is -0.748 e. The van der Waals surface area contributed by atoms with Crippen molar-refractivity contribution in [2.45, 2.75) is 73.0 Å². The summed E-state index contributed by atoms with van der Waals surface area (Å²) in [5.74, 6) is -2.63. The lowest BCUT2D eigenvalue weighted by molar-refractivity contribution is -0.441. The van der Waals surface area contributed by atoms with Crippen molar-refractivity contribution in [3.05, 3.63) is 83.6 Å². The Morgan fingerprint density at radius 2 is 1.38 bits per heavy atom. The van der Waals surface area contributed by atoms with E-state index in [4.69, 9.17) is 23.8 Å². The average Bonchev–Trinajstić information content (AvgIpc) is 3.77. The van der Waals surface area contributed by atoms with Crippen LogP contribution in [0.1, 0.15) is 63.5 Å². The number of rotatable bonds is 25. The van der Waals surface area contributed by atoms with E-state index in [1.807, 2.05) is 22.5 Å². The first kappa shape index (κ1) is 52.3. The van der Waals surface area contributed by atoms with E-state index in [-0.39, 0.29) is 78.3 Å². The van der Waals surface area contributed by atoms with Gasteiger partial charge < -0.3 is 42.3 Å². The third-order valence-electron chi connectivity index (χ3n) is 11.6. The highest BCUT2D eigenvalue weighted by molar-refractivity contribution is 7.86. The molecule has 3 aliphatic rings. The van der Waals surface area contributed by atoms with E-state index in [0.29, 0.717) is 51.9 Å². The molecule has 20 nitrogen and oxygen atoms in total. The van der Waals surface area contributed by atoms with Gasteiger partial charge in [-0.3, -0.25) is 9.59 Å². The molecule has 362 valence electrons. The zero-order valence-corrected chi connectivity index (χ0v) is 39.4. The minimum absolute atomic E-state index is 0.0212. The number of nitrogens with zero attached hydrogens (tertiary/aromatic N) is 3. The molecule has 0 aromatic heterocycles. The normalized spacial score (nSPS) is 20.7. The van der Waals surface area contributed by atoms with Crippen molar-refractivity contribution in [3.8, 4) is 0 Å². The number of carbonyl (C=O) groups is 3. The van der Waals surface area contributed by atoms with Gasteiger partial charge in [-0.15, -0.1) is 5.06 Å². The maximum Gasteiger partial charge on any atom is 0.335 e. The van der Waals surface area contributed by atoms with E-state index < -0.39 is 74.5 Å². The summed E-state index contributed by atoms with van der Waals surface area (Å²) in [4.78, 5) is 41.4. The number of amides is 2. The molecule has 1 fully saturated rings. The molecule has 5 rings (SSSR count). The number of fused-ring (bicyclic) bond motifs is 2. The molecule has 0 bridgehead atoms. The summed E-state index contributed by atoms with van der Waals surface area (Å²) in [5.41, 5.74) is 1.66. The van der Waals surface area contributed by atoms with Crippen molar-refractivity contribution in [3.63, 3.8) is 0 Å². The monoisotopic (exact) mass is 979 g/mol. The van der Waals surface area contributed by atoms with E-state index in [1.54, 1.807) is 37.3 Å². The summed E-state index contributed by atoms with van der Waals surface area (Å²) in [6, 6.07) is 8.17. The van der Waals surface area contributed by atoms with Crippen LogP contribution in [0.4, 0.5) is 11.4 Å². The second-order valence-corrected chi connectivity index (χ2v) is 20.3. The van der Waals surface area contributed by atoms with Crippen molar-refractivity contribution in [2.75, 3.05) is 77.6 Å². The lowest BCUT2D eigenvalue weighted by atomic mass is 9.76. The Morgan fingerprint density at radius 1 is 0.758 bits per heavy atom. The highest BCUT2D eigenvalue weighted by atomic mass is 32.2. The molecular formula is C43H53N3O17S3-2. The highest BCUT2D eigenvalue weighted by Crippen LogP contribution is 2.51. The van der Waals surface area contributed by atoms with Crippen LogP contribution in [-0.2, 0) is 79.4 Å². The van der Waals surface area contributed by atoms with Crippen LogP contribution < -0.4 is 4.90 Å². The van der Waals surface area contributed by atoms with Crippen LogP contribution in [0.25, 0.3) is 0 Å². The fourth-order valence-corrected chi connectivity index (χ4v) is 9.76. The van der Waals surface area contributed by atoms with Gasteiger partial charge in [-0.25, -0.2) is 30.0 Å². The van der Waals surface area contributed by atoms with E-state index in [0.717, 1.165) is 0 Å². The largest absolute Gasteiger partial charge is 0.748 e. The number of methoxy groups -OCH3 is 2. The second kappa shape index (κ2) is 22.0. The zero-order valence-electron chi connectivity index (χ0n) is 37.0. The number of imide groups is 1. The number of allylic oxidation sites excluding steroid dienone is 6. The molecule has 3 aliphatic heterocycles. The minimum atomic E-state index is -4.86. The Kier molecular flexibility index (Phi) is 17.4. The Balaban J connectivity index is 1.39. The quantitative estimate of drug-likeness (QED) is 0.0454. The molecule has 2 aromatic rings. The third kappa shape index (κ3) is 12.6. The Labute approximate surface area is 384 Å². The summed E-state index contributed by atoms with van der Waals surface area (Å²) in [5, 5.41) is 0.465. The van der Waals surface area contributed by atoms with Gasteiger partial charge in [0.1, 0.15) is 26.8 Å². The maximum atomic E-state index is 12.2. The van der Waals surface area contributed by atoms with Gasteiger partial charge >= 0.3 is 5.97 Å². The summed E-state index contributed by atoms with van der Waals surface area (Å²) >= 11 is 0. The number of benzene rings is 2. The predicted molar refractivity (Wildman–Crippen MR) is 233 cm³/mol. The van der Waals surface area contributed by atoms with E-state index in [2.05, 4.69) is 0 Å². The number of hydroxylamine groups is 2. The van der Waals surface area contributed by atoms with Gasteiger partial charge in [0.15, 0.2) is 12.3 Å². The molecule has 1 saturated heterocycles. The summed E-state index contributed by atoms with van der Waals surface area (Å²) in [7, 11) is -11.2. The van der Waals surface area contributed by atoms with Gasteiger partial charge in [0.05, 0.1) is 58.2 Å². The Bertz CT molecular complexity index is 2610. The van der Waals surface area contributed by atoms with Gasteiger partial charge in [-0.1, -0.05) is 18.2 Å². The molecule has 0 saturated carbocycles. The van der Waals surface area contributed by atoms with Crippen LogP contribution in [0.2, 0.25) is 0 Å². The molecule has 2 aromatic carbocycles. The Hall–Kier alpha value is -4.69. The number of hydrogen-bond donors (Lipinski definition) is 0. The molecule has 3 heterocycles. The lowest BCUT2D eigenvalue weighted by Gasteiger charge is -2.30. The number of anilines is 1. The molecule has 23 heteroatoms. The Morgan fingerprint density at radius 3 is 2.00 bits per heavy atom.